The smallest absolute Gasteiger partial charge is 0.248 e. The molecule has 0 saturated carbocycles. The molecule has 3 unspecified atom stereocenters. The summed E-state index contributed by atoms with van der Waals surface area (Å²) in [6.07, 6.45) is 5.98. The monoisotopic (exact) mass is 489 g/mol. The fourth-order valence-corrected chi connectivity index (χ4v) is 6.58. The van der Waals surface area contributed by atoms with Crippen LogP contribution >= 0.6 is 0 Å². The first-order chi connectivity index (χ1) is 16.5. The molecule has 0 aromatic heterocycles. The van der Waals surface area contributed by atoms with Gasteiger partial charge in [0, 0.05) is 39.3 Å². The van der Waals surface area contributed by atoms with E-state index < -0.39 is 29.1 Å². The zero-order chi connectivity index (χ0) is 26.1. The lowest BCUT2D eigenvalue weighted by molar-refractivity contribution is -0.155. The van der Waals surface area contributed by atoms with Crippen LogP contribution < -0.4 is 0 Å². The largest absolute Gasteiger partial charge is 0.396 e. The molecule has 8 heteroatoms. The van der Waals surface area contributed by atoms with Gasteiger partial charge in [0.15, 0.2) is 0 Å². The van der Waals surface area contributed by atoms with Crippen LogP contribution in [0.1, 0.15) is 53.4 Å². The summed E-state index contributed by atoms with van der Waals surface area (Å²) in [4.78, 5) is 46.9. The molecule has 2 bridgehead atoms. The first-order valence-electron chi connectivity index (χ1n) is 12.9. The zero-order valence-corrected chi connectivity index (χ0v) is 22.0. The maximum absolute atomic E-state index is 14.1. The van der Waals surface area contributed by atoms with Gasteiger partial charge in [0.1, 0.15) is 11.6 Å². The van der Waals surface area contributed by atoms with Gasteiger partial charge in [-0.2, -0.15) is 0 Å². The molecule has 0 radical (unpaired) electrons. The second-order valence-electron chi connectivity index (χ2n) is 10.9. The average Bonchev–Trinajstić information content (AvgIpc) is 3.31. The third-order valence-corrected chi connectivity index (χ3v) is 8.38. The molecule has 3 heterocycles. The summed E-state index contributed by atoms with van der Waals surface area (Å²) in [7, 11) is 1.72. The van der Waals surface area contributed by atoms with Crippen molar-refractivity contribution in [2.75, 3.05) is 33.3 Å². The molecular formula is C27H43N3O5. The van der Waals surface area contributed by atoms with E-state index in [2.05, 4.69) is 20.1 Å². The van der Waals surface area contributed by atoms with Crippen molar-refractivity contribution < 1.29 is 24.2 Å². The molecule has 8 nitrogen and oxygen atoms in total. The molecule has 3 fully saturated rings. The van der Waals surface area contributed by atoms with Crippen molar-refractivity contribution in [3.63, 3.8) is 0 Å². The topological polar surface area (TPSA) is 90.4 Å². The quantitative estimate of drug-likeness (QED) is 0.335. The maximum atomic E-state index is 14.1. The Labute approximate surface area is 210 Å². The molecule has 196 valence electrons. The number of amides is 3. The molecule has 0 aromatic carbocycles. The lowest BCUT2D eigenvalue weighted by Gasteiger charge is -2.39. The van der Waals surface area contributed by atoms with Crippen molar-refractivity contribution >= 4 is 17.7 Å². The molecule has 35 heavy (non-hydrogen) atoms. The molecule has 3 saturated heterocycles. The first-order valence-corrected chi connectivity index (χ1v) is 12.9. The number of hydrogen-bond donors (Lipinski definition) is 1. The number of unbranched alkanes of at least 4 members (excludes halogenated alkanes) is 2. The minimum Gasteiger partial charge on any atom is -0.396 e. The number of fused-ring (bicyclic) bond motifs is 1. The molecule has 0 aliphatic carbocycles. The summed E-state index contributed by atoms with van der Waals surface area (Å²) >= 11 is 0. The summed E-state index contributed by atoms with van der Waals surface area (Å²) in [5.74, 6) is -1.81. The molecule has 6 atom stereocenters. The second-order valence-corrected chi connectivity index (χ2v) is 10.9. The van der Waals surface area contributed by atoms with Crippen molar-refractivity contribution in [1.29, 1.82) is 0 Å². The third kappa shape index (κ3) is 4.33. The molecule has 3 rings (SSSR count). The van der Waals surface area contributed by atoms with Crippen LogP contribution in [-0.2, 0) is 19.1 Å². The fraction of sp³-hybridized carbons (Fsp3) is 0.741. The van der Waals surface area contributed by atoms with Crippen molar-refractivity contribution in [1.82, 2.24) is 14.7 Å². The van der Waals surface area contributed by atoms with E-state index in [4.69, 9.17) is 4.74 Å². The van der Waals surface area contributed by atoms with Crippen LogP contribution in [0.15, 0.2) is 25.3 Å². The highest BCUT2D eigenvalue weighted by molar-refractivity contribution is 5.99. The van der Waals surface area contributed by atoms with E-state index in [0.29, 0.717) is 38.9 Å². The number of carbonyl (C=O) groups excluding carboxylic acids is 3. The number of aliphatic hydroxyl groups excluding tert-OH is 1. The number of likely N-dealkylation sites (N-methyl/N-ethyl adjacent to an activating group) is 1. The molecule has 3 aliphatic rings. The summed E-state index contributed by atoms with van der Waals surface area (Å²) < 4.78 is 6.77. The third-order valence-electron chi connectivity index (χ3n) is 8.38. The Balaban J connectivity index is 2.08. The van der Waals surface area contributed by atoms with Crippen LogP contribution in [-0.4, -0.2) is 94.1 Å². The van der Waals surface area contributed by atoms with E-state index in [1.807, 2.05) is 20.8 Å². The van der Waals surface area contributed by atoms with Crippen molar-refractivity contribution in [3.8, 4) is 0 Å². The molecule has 1 N–H and O–H groups in total. The van der Waals surface area contributed by atoms with Crippen LogP contribution in [0.5, 0.6) is 0 Å². The van der Waals surface area contributed by atoms with E-state index in [9.17, 15) is 19.5 Å². The predicted molar refractivity (Wildman–Crippen MR) is 134 cm³/mol. The maximum Gasteiger partial charge on any atom is 0.248 e. The van der Waals surface area contributed by atoms with E-state index in [-0.39, 0.29) is 36.3 Å². The highest BCUT2D eigenvalue weighted by atomic mass is 16.5. The molecular weight excluding hydrogens is 446 g/mol. The van der Waals surface area contributed by atoms with E-state index in [1.165, 1.54) is 0 Å². The van der Waals surface area contributed by atoms with Crippen LogP contribution in [0, 0.1) is 17.8 Å². The average molecular weight is 490 g/mol. The van der Waals surface area contributed by atoms with Gasteiger partial charge in [-0.25, -0.2) is 0 Å². The first kappa shape index (κ1) is 27.4. The van der Waals surface area contributed by atoms with Crippen molar-refractivity contribution in [3.05, 3.63) is 25.3 Å². The normalized spacial score (nSPS) is 33.2. The summed E-state index contributed by atoms with van der Waals surface area (Å²) in [6, 6.07) is -0.867. The van der Waals surface area contributed by atoms with E-state index in [0.717, 1.165) is 6.42 Å². The molecule has 1 spiro atoms. The Morgan fingerprint density at radius 3 is 2.43 bits per heavy atom. The minimum atomic E-state index is -1.04. The van der Waals surface area contributed by atoms with E-state index in [1.54, 1.807) is 33.9 Å². The van der Waals surface area contributed by atoms with Gasteiger partial charge in [-0.1, -0.05) is 19.1 Å². The number of rotatable bonds is 12. The van der Waals surface area contributed by atoms with Gasteiger partial charge in [-0.05, 0) is 52.4 Å². The number of carbonyl (C=O) groups is 3. The van der Waals surface area contributed by atoms with E-state index >= 15 is 0 Å². The molecule has 0 aromatic rings. The number of nitrogens with zero attached hydrogens (tertiary/aromatic N) is 3. The highest BCUT2D eigenvalue weighted by Crippen LogP contribution is 2.65. The Kier molecular flexibility index (Phi) is 8.16. The highest BCUT2D eigenvalue weighted by Gasteiger charge is 2.80. The lowest BCUT2D eigenvalue weighted by atomic mass is 9.62. The van der Waals surface area contributed by atoms with Gasteiger partial charge in [-0.15, -0.1) is 13.2 Å². The Hall–Kier alpha value is -2.19. The lowest BCUT2D eigenvalue weighted by Crippen LogP contribution is -2.58. The SMILES string of the molecule is C=CCN(C)C(=O)[C@H]1[C@H]2C(=O)N(CCCCCO)C(C(=O)N(CC=C)C(C)C)C23CC(C)[C@]1(C)O3. The Morgan fingerprint density at radius 1 is 1.20 bits per heavy atom. The van der Waals surface area contributed by atoms with Crippen molar-refractivity contribution in [2.45, 2.75) is 76.7 Å². The van der Waals surface area contributed by atoms with Crippen molar-refractivity contribution in [2.24, 2.45) is 17.8 Å². The van der Waals surface area contributed by atoms with Gasteiger partial charge in [0.25, 0.3) is 0 Å². The van der Waals surface area contributed by atoms with Gasteiger partial charge in [-0.3, -0.25) is 14.4 Å². The summed E-state index contributed by atoms with van der Waals surface area (Å²) in [6.45, 7) is 16.7. The second kappa shape index (κ2) is 10.4. The van der Waals surface area contributed by atoms with Gasteiger partial charge >= 0.3 is 0 Å². The number of likely N-dealkylation sites (tertiary alicyclic amines) is 1. The van der Waals surface area contributed by atoms with Gasteiger partial charge < -0.3 is 24.5 Å². The Bertz CT molecular complexity index is 860. The van der Waals surface area contributed by atoms with Crippen LogP contribution in [0.25, 0.3) is 0 Å². The molecule has 3 amide bonds. The predicted octanol–water partition coefficient (Wildman–Crippen LogP) is 2.23. The van der Waals surface area contributed by atoms with Crippen LogP contribution in [0.2, 0.25) is 0 Å². The van der Waals surface area contributed by atoms with Gasteiger partial charge in [0.2, 0.25) is 17.7 Å². The minimum absolute atomic E-state index is 0.00849. The zero-order valence-electron chi connectivity index (χ0n) is 22.0. The van der Waals surface area contributed by atoms with Crippen LogP contribution in [0.3, 0.4) is 0 Å². The number of aliphatic hydroxyl groups is 1. The summed E-state index contributed by atoms with van der Waals surface area (Å²) in [5.41, 5.74) is -1.86. The fourth-order valence-electron chi connectivity index (χ4n) is 6.58. The van der Waals surface area contributed by atoms with Gasteiger partial charge in [0.05, 0.1) is 17.4 Å². The summed E-state index contributed by atoms with van der Waals surface area (Å²) in [5, 5.41) is 9.19. The number of hydrogen-bond acceptors (Lipinski definition) is 5. The molecule has 3 aliphatic heterocycles. The Morgan fingerprint density at radius 2 is 1.86 bits per heavy atom. The van der Waals surface area contributed by atoms with Crippen LogP contribution in [0.4, 0.5) is 0 Å². The standard InChI is InChI=1S/C27H43N3O5/c1-8-13-28(7)23(32)20-21-24(33)30(15-11-10-12-16-31)22(25(34)29(14-9-2)18(3)4)27(21)17-19(5)26(20,6)35-27/h8-9,18-22,31H,1-2,10-17H2,3-7H3/t19?,20-,21+,22?,26+,27?/m1/s1. The number of ether oxygens (including phenoxy) is 1.